The van der Waals surface area contributed by atoms with E-state index in [1.807, 2.05) is 13.1 Å². The maximum Gasteiger partial charge on any atom is 0.416 e. The summed E-state index contributed by atoms with van der Waals surface area (Å²) in [5.41, 5.74) is 1.03. The molecule has 11 heteroatoms. The first-order valence-corrected chi connectivity index (χ1v) is 14.4. The van der Waals surface area contributed by atoms with E-state index in [0.717, 1.165) is 55.3 Å². The molecule has 0 fully saturated rings. The highest BCUT2D eigenvalue weighted by atomic mass is 79.9. The van der Waals surface area contributed by atoms with Crippen molar-refractivity contribution >= 4 is 21.8 Å². The third-order valence-corrected chi connectivity index (χ3v) is 7.12. The monoisotopic (exact) mass is 655 g/mol. The zero-order valence-corrected chi connectivity index (χ0v) is 25.0. The lowest BCUT2D eigenvalue weighted by atomic mass is 9.99. The van der Waals surface area contributed by atoms with Crippen molar-refractivity contribution in [2.75, 3.05) is 20.1 Å². The molecule has 0 aliphatic rings. The smallest absolute Gasteiger partial charge is 0.390 e. The van der Waals surface area contributed by atoms with E-state index in [1.54, 1.807) is 12.1 Å². The van der Waals surface area contributed by atoms with Crippen molar-refractivity contribution in [1.82, 2.24) is 15.5 Å². The fourth-order valence-electron chi connectivity index (χ4n) is 4.57. The lowest BCUT2D eigenvalue weighted by molar-refractivity contribution is -0.137. The van der Waals surface area contributed by atoms with Gasteiger partial charge in [0.1, 0.15) is 11.6 Å². The van der Waals surface area contributed by atoms with Gasteiger partial charge >= 0.3 is 6.18 Å². The van der Waals surface area contributed by atoms with Crippen molar-refractivity contribution in [2.45, 2.75) is 57.6 Å². The molecule has 1 amide bonds. The second-order valence-corrected chi connectivity index (χ2v) is 11.3. The molecule has 0 aliphatic carbocycles. The van der Waals surface area contributed by atoms with Crippen LogP contribution in [0.25, 0.3) is 0 Å². The standard InChI is InChI=1S/C31H35BrF5N3O2/c1-3-4-8-40(2)19-22-9-23(15-25(32)11-22)30(42)39-28(14-21-12-26(33)16-27(34)13-21)29(41)18-38-17-20-6-5-7-24(10-20)31(35,36)37/h5-7,9-13,15-16,28-29,38,41H,3-4,8,14,17-19H2,1-2H3,(H,39,42)/t28-,29-/m0/s1. The van der Waals surface area contributed by atoms with Crippen LogP contribution in [0.3, 0.4) is 0 Å². The Morgan fingerprint density at radius 2 is 1.71 bits per heavy atom. The summed E-state index contributed by atoms with van der Waals surface area (Å²) in [7, 11) is 1.99. The number of halogens is 6. The molecular weight excluding hydrogens is 621 g/mol. The van der Waals surface area contributed by atoms with Gasteiger partial charge in [-0.05, 0) is 79.5 Å². The van der Waals surface area contributed by atoms with Crippen LogP contribution in [0.1, 0.15) is 52.4 Å². The van der Waals surface area contributed by atoms with Crippen LogP contribution in [0.15, 0.2) is 65.1 Å². The summed E-state index contributed by atoms with van der Waals surface area (Å²) in [6.45, 7) is 3.55. The first-order valence-electron chi connectivity index (χ1n) is 13.6. The molecule has 0 aromatic heterocycles. The van der Waals surface area contributed by atoms with E-state index in [1.165, 1.54) is 12.1 Å². The maximum absolute atomic E-state index is 13.9. The van der Waals surface area contributed by atoms with E-state index < -0.39 is 41.4 Å². The molecule has 5 nitrogen and oxygen atoms in total. The van der Waals surface area contributed by atoms with E-state index in [0.29, 0.717) is 22.1 Å². The zero-order valence-electron chi connectivity index (χ0n) is 23.4. The Morgan fingerprint density at radius 3 is 2.38 bits per heavy atom. The van der Waals surface area contributed by atoms with Gasteiger partial charge in [0.05, 0.1) is 17.7 Å². The molecule has 3 aromatic rings. The number of aliphatic hydroxyl groups excluding tert-OH is 1. The minimum atomic E-state index is -4.48. The Hall–Kier alpha value is -2.86. The molecule has 0 aliphatic heterocycles. The minimum absolute atomic E-state index is 0.0246. The molecule has 3 aromatic carbocycles. The zero-order chi connectivity index (χ0) is 30.9. The molecule has 0 unspecified atom stereocenters. The highest BCUT2D eigenvalue weighted by Crippen LogP contribution is 2.29. The van der Waals surface area contributed by atoms with Crippen LogP contribution in [0.5, 0.6) is 0 Å². The molecule has 0 bridgehead atoms. The average Bonchev–Trinajstić information content (AvgIpc) is 2.90. The SMILES string of the molecule is CCCCN(C)Cc1cc(Br)cc(C(=O)N[C@@H](Cc2cc(F)cc(F)c2)[C@@H](O)CNCc2cccc(C(F)(F)F)c2)c1. The highest BCUT2D eigenvalue weighted by Gasteiger charge is 2.30. The van der Waals surface area contributed by atoms with Crippen LogP contribution in [0, 0.1) is 11.6 Å². The van der Waals surface area contributed by atoms with Gasteiger partial charge in [0.25, 0.3) is 5.91 Å². The topological polar surface area (TPSA) is 64.6 Å². The van der Waals surface area contributed by atoms with Crippen LogP contribution >= 0.6 is 15.9 Å². The first-order chi connectivity index (χ1) is 19.8. The fourth-order valence-corrected chi connectivity index (χ4v) is 5.11. The van der Waals surface area contributed by atoms with Crippen LogP contribution < -0.4 is 10.6 Å². The number of benzene rings is 3. The Kier molecular flexibility index (Phi) is 12.5. The summed E-state index contributed by atoms with van der Waals surface area (Å²) in [5, 5.41) is 16.7. The number of amides is 1. The Bertz CT molecular complexity index is 1320. The van der Waals surface area contributed by atoms with Crippen molar-refractivity contribution in [1.29, 1.82) is 0 Å². The van der Waals surface area contributed by atoms with E-state index >= 15 is 0 Å². The van der Waals surface area contributed by atoms with Gasteiger partial charge in [0.2, 0.25) is 0 Å². The molecule has 0 saturated heterocycles. The lowest BCUT2D eigenvalue weighted by Gasteiger charge is -2.25. The van der Waals surface area contributed by atoms with Gasteiger partial charge in [-0.3, -0.25) is 4.79 Å². The Morgan fingerprint density at radius 1 is 1.00 bits per heavy atom. The van der Waals surface area contributed by atoms with Crippen LogP contribution in [0.4, 0.5) is 22.0 Å². The van der Waals surface area contributed by atoms with Gasteiger partial charge in [-0.2, -0.15) is 13.2 Å². The summed E-state index contributed by atoms with van der Waals surface area (Å²) in [5.74, 6) is -2.08. The highest BCUT2D eigenvalue weighted by molar-refractivity contribution is 9.10. The van der Waals surface area contributed by atoms with E-state index in [-0.39, 0.29) is 25.1 Å². The molecule has 0 heterocycles. The quantitative estimate of drug-likeness (QED) is 0.174. The molecule has 3 rings (SSSR count). The largest absolute Gasteiger partial charge is 0.416 e. The summed E-state index contributed by atoms with van der Waals surface area (Å²) in [6.07, 6.45) is -3.71. The lowest BCUT2D eigenvalue weighted by Crippen LogP contribution is -2.48. The summed E-state index contributed by atoms with van der Waals surface area (Å²) >= 11 is 3.45. The third-order valence-electron chi connectivity index (χ3n) is 6.66. The predicted molar refractivity (Wildman–Crippen MR) is 156 cm³/mol. The molecule has 0 saturated carbocycles. The first kappa shape index (κ1) is 33.6. The second-order valence-electron chi connectivity index (χ2n) is 10.4. The molecule has 228 valence electrons. The molecule has 42 heavy (non-hydrogen) atoms. The number of carbonyl (C=O) groups is 1. The second kappa shape index (κ2) is 15.6. The fraction of sp³-hybridized carbons (Fsp3) is 0.387. The summed E-state index contributed by atoms with van der Waals surface area (Å²) in [6, 6.07) is 12.1. The molecular formula is C31H35BrF5N3O2. The van der Waals surface area contributed by atoms with Crippen molar-refractivity contribution in [3.63, 3.8) is 0 Å². The average molecular weight is 657 g/mol. The third kappa shape index (κ3) is 10.8. The van der Waals surface area contributed by atoms with Gasteiger partial charge in [-0.25, -0.2) is 8.78 Å². The van der Waals surface area contributed by atoms with Crippen LogP contribution in [-0.2, 0) is 25.7 Å². The number of nitrogens with zero attached hydrogens (tertiary/aromatic N) is 1. The van der Waals surface area contributed by atoms with Crippen molar-refractivity contribution in [2.24, 2.45) is 0 Å². The number of hydrogen-bond donors (Lipinski definition) is 3. The molecule has 3 N–H and O–H groups in total. The van der Waals surface area contributed by atoms with Crippen molar-refractivity contribution in [3.8, 4) is 0 Å². The number of rotatable bonds is 14. The summed E-state index contributed by atoms with van der Waals surface area (Å²) in [4.78, 5) is 15.5. The number of carbonyl (C=O) groups excluding carboxylic acids is 1. The van der Waals surface area contributed by atoms with Gasteiger partial charge in [-0.1, -0.05) is 47.5 Å². The number of hydrogen-bond acceptors (Lipinski definition) is 4. The van der Waals surface area contributed by atoms with Crippen LogP contribution in [0.2, 0.25) is 0 Å². The Labute approximate surface area is 251 Å². The maximum atomic E-state index is 13.9. The van der Waals surface area contributed by atoms with E-state index in [9.17, 15) is 31.9 Å². The van der Waals surface area contributed by atoms with Gasteiger partial charge in [0, 0.05) is 35.7 Å². The number of aliphatic hydroxyl groups is 1. The van der Waals surface area contributed by atoms with Gasteiger partial charge in [0.15, 0.2) is 0 Å². The normalized spacial score (nSPS) is 13.3. The number of nitrogens with one attached hydrogen (secondary N) is 2. The van der Waals surface area contributed by atoms with Gasteiger partial charge in [-0.15, -0.1) is 0 Å². The van der Waals surface area contributed by atoms with E-state index in [2.05, 4.69) is 38.4 Å². The molecule has 2 atom stereocenters. The van der Waals surface area contributed by atoms with E-state index in [4.69, 9.17) is 0 Å². The predicted octanol–water partition coefficient (Wildman–Crippen LogP) is 6.47. The molecule has 0 radical (unpaired) electrons. The van der Waals surface area contributed by atoms with Crippen LogP contribution in [-0.4, -0.2) is 48.2 Å². The minimum Gasteiger partial charge on any atom is -0.390 e. The number of alkyl halides is 3. The Balaban J connectivity index is 1.75. The van der Waals surface area contributed by atoms with Crippen molar-refractivity contribution < 1.29 is 31.9 Å². The summed E-state index contributed by atoms with van der Waals surface area (Å²) < 4.78 is 67.6. The number of unbranched alkanes of at least 4 members (excludes halogenated alkanes) is 1. The van der Waals surface area contributed by atoms with Crippen molar-refractivity contribution in [3.05, 3.63) is 105 Å². The van der Waals surface area contributed by atoms with Gasteiger partial charge < -0.3 is 20.6 Å². The molecule has 0 spiro atoms.